The lowest BCUT2D eigenvalue weighted by Crippen LogP contribution is -2.51. The Morgan fingerprint density at radius 3 is 2.33 bits per heavy atom. The third-order valence-electron chi connectivity index (χ3n) is 5.11. The van der Waals surface area contributed by atoms with Gasteiger partial charge in [-0.2, -0.15) is 0 Å². The summed E-state index contributed by atoms with van der Waals surface area (Å²) in [4.78, 5) is 27.2. The van der Waals surface area contributed by atoms with Crippen LogP contribution in [0.25, 0.3) is 0 Å². The summed E-state index contributed by atoms with van der Waals surface area (Å²) < 4.78 is 39.3. The number of aryl methyl sites for hydroxylation is 1. The molecule has 0 aliphatic rings. The van der Waals surface area contributed by atoms with E-state index >= 15 is 0 Å². The molecule has 2 aromatic rings. The maximum Gasteiger partial charge on any atom is 0.244 e. The lowest BCUT2D eigenvalue weighted by atomic mass is 10.1. The minimum Gasteiger partial charge on any atom is -0.354 e. The van der Waals surface area contributed by atoms with Gasteiger partial charge < -0.3 is 10.2 Å². The highest BCUT2D eigenvalue weighted by Crippen LogP contribution is 2.25. The lowest BCUT2D eigenvalue weighted by Gasteiger charge is -2.31. The smallest absolute Gasteiger partial charge is 0.244 e. The molecule has 33 heavy (non-hydrogen) atoms. The maximum atomic E-state index is 13.3. The maximum absolute atomic E-state index is 13.3. The summed E-state index contributed by atoms with van der Waals surface area (Å²) in [5.41, 5.74) is 1.61. The second kappa shape index (κ2) is 11.5. The average molecular weight is 498 g/mol. The number of anilines is 1. The molecule has 2 rings (SSSR count). The quantitative estimate of drug-likeness (QED) is 0.544. The topological polar surface area (TPSA) is 86.8 Å². The Balaban J connectivity index is 2.38. The molecule has 180 valence electrons. The summed E-state index contributed by atoms with van der Waals surface area (Å²) in [6.45, 7) is 5.18. The van der Waals surface area contributed by atoms with Crippen LogP contribution in [-0.2, 0) is 26.2 Å². The zero-order chi connectivity index (χ0) is 24.8. The van der Waals surface area contributed by atoms with Crippen LogP contribution in [-0.4, -0.2) is 50.5 Å². The number of nitrogens with one attached hydrogen (secondary N) is 1. The van der Waals surface area contributed by atoms with Crippen molar-refractivity contribution in [1.29, 1.82) is 0 Å². The van der Waals surface area contributed by atoms with Crippen molar-refractivity contribution in [3.05, 3.63) is 64.4 Å². The molecule has 0 aliphatic carbocycles. The molecule has 2 amide bonds. The second-order valence-corrected chi connectivity index (χ2v) is 10.1. The molecule has 0 radical (unpaired) electrons. The van der Waals surface area contributed by atoms with Crippen LogP contribution >= 0.6 is 11.6 Å². The number of hydrogen-bond acceptors (Lipinski definition) is 4. The molecule has 0 unspecified atom stereocenters. The molecule has 0 saturated heterocycles. The first-order chi connectivity index (χ1) is 15.4. The van der Waals surface area contributed by atoms with Gasteiger partial charge in [-0.3, -0.25) is 13.9 Å². The highest BCUT2D eigenvalue weighted by atomic mass is 35.5. The largest absolute Gasteiger partial charge is 0.354 e. The van der Waals surface area contributed by atoms with Crippen LogP contribution in [0.3, 0.4) is 0 Å². The molecule has 0 saturated carbocycles. The second-order valence-electron chi connectivity index (χ2n) is 7.82. The molecular formula is C23H29ClFN3O4S. The zero-order valence-electron chi connectivity index (χ0n) is 19.1. The molecule has 0 heterocycles. The Kier molecular flexibility index (Phi) is 9.25. The molecule has 0 aliphatic heterocycles. The van der Waals surface area contributed by atoms with Crippen molar-refractivity contribution in [3.63, 3.8) is 0 Å². The van der Waals surface area contributed by atoms with Crippen molar-refractivity contribution < 1.29 is 22.4 Å². The monoisotopic (exact) mass is 497 g/mol. The SMILES string of the molecule is CCCNC(=O)[C@H](C)N(Cc1ccc(F)cc1)C(=O)CN(c1ccc(C)c(Cl)c1)S(C)(=O)=O. The number of nitrogens with zero attached hydrogens (tertiary/aromatic N) is 2. The van der Waals surface area contributed by atoms with E-state index in [0.29, 0.717) is 17.1 Å². The van der Waals surface area contributed by atoms with Crippen molar-refractivity contribution in [2.24, 2.45) is 0 Å². The number of benzene rings is 2. The number of sulfonamides is 1. The van der Waals surface area contributed by atoms with Crippen LogP contribution in [0, 0.1) is 12.7 Å². The van der Waals surface area contributed by atoms with Crippen LogP contribution in [0.1, 0.15) is 31.4 Å². The van der Waals surface area contributed by atoms with Gasteiger partial charge in [0.25, 0.3) is 0 Å². The molecule has 0 spiro atoms. The number of halogens is 2. The highest BCUT2D eigenvalue weighted by molar-refractivity contribution is 7.92. The first-order valence-corrected chi connectivity index (χ1v) is 12.7. The van der Waals surface area contributed by atoms with Gasteiger partial charge in [0, 0.05) is 18.1 Å². The van der Waals surface area contributed by atoms with Gasteiger partial charge in [0.2, 0.25) is 21.8 Å². The molecule has 7 nitrogen and oxygen atoms in total. The van der Waals surface area contributed by atoms with E-state index in [-0.39, 0.29) is 18.1 Å². The molecular weight excluding hydrogens is 469 g/mol. The first kappa shape index (κ1) is 26.6. The van der Waals surface area contributed by atoms with E-state index in [1.807, 2.05) is 6.92 Å². The van der Waals surface area contributed by atoms with E-state index in [4.69, 9.17) is 11.6 Å². The fourth-order valence-electron chi connectivity index (χ4n) is 3.12. The summed E-state index contributed by atoms with van der Waals surface area (Å²) in [6, 6.07) is 9.38. The Bertz CT molecular complexity index is 1090. The summed E-state index contributed by atoms with van der Waals surface area (Å²) in [6.07, 6.45) is 1.72. The van der Waals surface area contributed by atoms with E-state index in [1.54, 1.807) is 26.0 Å². The summed E-state index contributed by atoms with van der Waals surface area (Å²) >= 11 is 6.17. The number of amides is 2. The molecule has 1 atom stereocenters. The van der Waals surface area contributed by atoms with Gasteiger partial charge in [0.15, 0.2) is 0 Å². The van der Waals surface area contributed by atoms with Crippen LogP contribution in [0.4, 0.5) is 10.1 Å². The fraction of sp³-hybridized carbons (Fsp3) is 0.391. The molecule has 0 fully saturated rings. The van der Waals surface area contributed by atoms with E-state index < -0.39 is 34.3 Å². The Morgan fingerprint density at radius 1 is 1.15 bits per heavy atom. The van der Waals surface area contributed by atoms with Crippen molar-refractivity contribution in [3.8, 4) is 0 Å². The van der Waals surface area contributed by atoms with Gasteiger partial charge in [-0.05, 0) is 55.7 Å². The standard InChI is InChI=1S/C23H29ClFN3O4S/c1-5-12-26-23(30)17(3)27(14-18-7-9-19(25)10-8-18)22(29)15-28(33(4,31)32)20-11-6-16(2)21(24)13-20/h6-11,13,17H,5,12,14-15H2,1-4H3,(H,26,30)/t17-/m0/s1. The normalized spacial score (nSPS) is 12.2. The molecule has 1 N–H and O–H groups in total. The Hall–Kier alpha value is -2.65. The number of hydrogen-bond donors (Lipinski definition) is 1. The Morgan fingerprint density at radius 2 is 1.79 bits per heavy atom. The molecule has 10 heteroatoms. The minimum atomic E-state index is -3.84. The predicted molar refractivity (Wildman–Crippen MR) is 128 cm³/mol. The Labute approximate surface area is 199 Å². The minimum absolute atomic E-state index is 0.00603. The highest BCUT2D eigenvalue weighted by Gasteiger charge is 2.30. The van der Waals surface area contributed by atoms with Gasteiger partial charge in [0.1, 0.15) is 18.4 Å². The van der Waals surface area contributed by atoms with Crippen molar-refractivity contribution in [2.45, 2.75) is 39.8 Å². The van der Waals surface area contributed by atoms with Crippen LogP contribution in [0.2, 0.25) is 5.02 Å². The van der Waals surface area contributed by atoms with Gasteiger partial charge in [0.05, 0.1) is 11.9 Å². The number of rotatable bonds is 10. The van der Waals surface area contributed by atoms with Crippen molar-refractivity contribution in [2.75, 3.05) is 23.7 Å². The van der Waals surface area contributed by atoms with Crippen LogP contribution in [0.15, 0.2) is 42.5 Å². The predicted octanol–water partition coefficient (Wildman–Crippen LogP) is 3.50. The van der Waals surface area contributed by atoms with Gasteiger partial charge in [-0.25, -0.2) is 12.8 Å². The lowest BCUT2D eigenvalue weighted by molar-refractivity contribution is -0.139. The summed E-state index contributed by atoms with van der Waals surface area (Å²) in [5, 5.41) is 3.11. The molecule has 0 bridgehead atoms. The third-order valence-corrected chi connectivity index (χ3v) is 6.65. The molecule has 0 aromatic heterocycles. The number of carbonyl (C=O) groups is 2. The summed E-state index contributed by atoms with van der Waals surface area (Å²) in [5.74, 6) is -1.37. The van der Waals surface area contributed by atoms with E-state index in [2.05, 4.69) is 5.32 Å². The third kappa shape index (κ3) is 7.43. The van der Waals surface area contributed by atoms with E-state index in [9.17, 15) is 22.4 Å². The van der Waals surface area contributed by atoms with Crippen molar-refractivity contribution in [1.82, 2.24) is 10.2 Å². The van der Waals surface area contributed by atoms with Crippen LogP contribution in [0.5, 0.6) is 0 Å². The van der Waals surface area contributed by atoms with Gasteiger partial charge in [-0.1, -0.05) is 36.7 Å². The van der Waals surface area contributed by atoms with E-state index in [1.165, 1.54) is 35.2 Å². The summed E-state index contributed by atoms with van der Waals surface area (Å²) in [7, 11) is -3.84. The molecule has 2 aromatic carbocycles. The van der Waals surface area contributed by atoms with Gasteiger partial charge >= 0.3 is 0 Å². The fourth-order valence-corrected chi connectivity index (χ4v) is 4.13. The van der Waals surface area contributed by atoms with Crippen LogP contribution < -0.4 is 9.62 Å². The first-order valence-electron chi connectivity index (χ1n) is 10.5. The number of carbonyl (C=O) groups excluding carboxylic acids is 2. The van der Waals surface area contributed by atoms with E-state index in [0.717, 1.165) is 22.5 Å². The zero-order valence-corrected chi connectivity index (χ0v) is 20.7. The average Bonchev–Trinajstić information content (AvgIpc) is 2.76. The van der Waals surface area contributed by atoms with Crippen molar-refractivity contribution >= 4 is 39.1 Å². The van der Waals surface area contributed by atoms with Gasteiger partial charge in [-0.15, -0.1) is 0 Å².